The van der Waals surface area contributed by atoms with Crippen molar-refractivity contribution in [2.75, 3.05) is 51.4 Å². The number of rotatable bonds is 5. The highest BCUT2D eigenvalue weighted by Crippen LogP contribution is 2.40. The highest BCUT2D eigenvalue weighted by Gasteiger charge is 2.36. The van der Waals surface area contributed by atoms with Gasteiger partial charge in [0.15, 0.2) is 0 Å². The Morgan fingerprint density at radius 3 is 2.84 bits per heavy atom. The van der Waals surface area contributed by atoms with E-state index in [0.29, 0.717) is 31.2 Å². The first-order valence-electron chi connectivity index (χ1n) is 10.1. The third-order valence-corrected chi connectivity index (χ3v) is 6.56. The Kier molecular flexibility index (Phi) is 6.47. The Balaban J connectivity index is 1.68. The quantitative estimate of drug-likeness (QED) is 0.691. The summed E-state index contributed by atoms with van der Waals surface area (Å²) in [5.74, 6) is -1.14. The summed E-state index contributed by atoms with van der Waals surface area (Å²) >= 11 is 1.39. The van der Waals surface area contributed by atoms with E-state index < -0.39 is 12.0 Å². The molecular weight excluding hydrogens is 420 g/mol. The molecule has 2 fully saturated rings. The molecule has 2 aliphatic heterocycles. The number of thiophene rings is 1. The fourth-order valence-electron chi connectivity index (χ4n) is 3.76. The smallest absolute Gasteiger partial charge is 0.308 e. The van der Waals surface area contributed by atoms with Gasteiger partial charge in [-0.15, -0.1) is 11.3 Å². The van der Waals surface area contributed by atoms with Crippen LogP contribution in [0.25, 0.3) is 11.1 Å². The van der Waals surface area contributed by atoms with E-state index in [9.17, 15) is 14.4 Å². The second kappa shape index (κ2) is 9.44. The standard InChI is InChI=1S/C21H24N4O5S/c1-29-18(26)12-16-19(27)23-5-6-25(16)20(28)17-11-15(14-3-2-4-22-13-14)21(31-17)24-7-9-30-10-8-24/h2-4,11,13,16H,5-10,12H2,1H3,(H,23,27)/t16-/m0/s1. The minimum atomic E-state index is -0.885. The van der Waals surface area contributed by atoms with E-state index in [0.717, 1.165) is 29.2 Å². The number of ether oxygens (including phenoxy) is 2. The molecule has 9 nitrogen and oxygen atoms in total. The maximum atomic E-state index is 13.5. The van der Waals surface area contributed by atoms with Crippen molar-refractivity contribution in [1.82, 2.24) is 15.2 Å². The third-order valence-electron chi connectivity index (χ3n) is 5.37. The van der Waals surface area contributed by atoms with Gasteiger partial charge in [-0.1, -0.05) is 6.07 Å². The Morgan fingerprint density at radius 1 is 1.32 bits per heavy atom. The lowest BCUT2D eigenvalue weighted by atomic mass is 10.1. The van der Waals surface area contributed by atoms with Crippen LogP contribution >= 0.6 is 11.3 Å². The number of pyridine rings is 1. The fraction of sp³-hybridized carbons (Fsp3) is 0.429. The zero-order valence-electron chi connectivity index (χ0n) is 17.2. The minimum absolute atomic E-state index is 0.175. The van der Waals surface area contributed by atoms with Gasteiger partial charge in [0.2, 0.25) is 5.91 Å². The molecule has 1 N–H and O–H groups in total. The van der Waals surface area contributed by atoms with Gasteiger partial charge < -0.3 is 24.6 Å². The van der Waals surface area contributed by atoms with E-state index >= 15 is 0 Å². The van der Waals surface area contributed by atoms with E-state index in [-0.39, 0.29) is 18.2 Å². The highest BCUT2D eigenvalue weighted by molar-refractivity contribution is 7.18. The molecule has 0 radical (unpaired) electrons. The largest absolute Gasteiger partial charge is 0.469 e. The van der Waals surface area contributed by atoms with Crippen LogP contribution in [0.5, 0.6) is 0 Å². The molecule has 2 aliphatic rings. The van der Waals surface area contributed by atoms with Gasteiger partial charge in [-0.3, -0.25) is 19.4 Å². The number of carbonyl (C=O) groups excluding carboxylic acids is 3. The lowest BCUT2D eigenvalue weighted by molar-refractivity contribution is -0.145. The van der Waals surface area contributed by atoms with Gasteiger partial charge in [0, 0.05) is 49.7 Å². The fourth-order valence-corrected chi connectivity index (χ4v) is 4.95. The van der Waals surface area contributed by atoms with E-state index in [1.54, 1.807) is 12.4 Å². The Morgan fingerprint density at radius 2 is 2.13 bits per heavy atom. The Hall–Kier alpha value is -2.98. The van der Waals surface area contributed by atoms with Crippen LogP contribution in [0.15, 0.2) is 30.6 Å². The normalized spacial score (nSPS) is 19.1. The maximum absolute atomic E-state index is 13.5. The first-order valence-corrected chi connectivity index (χ1v) is 10.9. The molecule has 0 unspecified atom stereocenters. The van der Waals surface area contributed by atoms with Crippen molar-refractivity contribution in [2.24, 2.45) is 0 Å². The summed E-state index contributed by atoms with van der Waals surface area (Å²) in [5.41, 5.74) is 1.84. The molecule has 2 aromatic rings. The van der Waals surface area contributed by atoms with Crippen molar-refractivity contribution in [2.45, 2.75) is 12.5 Å². The van der Waals surface area contributed by atoms with Crippen molar-refractivity contribution < 1.29 is 23.9 Å². The maximum Gasteiger partial charge on any atom is 0.308 e. The van der Waals surface area contributed by atoms with E-state index in [1.165, 1.54) is 23.3 Å². The predicted octanol–water partition coefficient (Wildman–Crippen LogP) is 1.15. The molecule has 10 heteroatoms. The number of nitrogens with zero attached hydrogens (tertiary/aromatic N) is 3. The van der Waals surface area contributed by atoms with Crippen molar-refractivity contribution in [3.63, 3.8) is 0 Å². The molecule has 0 bridgehead atoms. The van der Waals surface area contributed by atoms with Gasteiger partial charge in [-0.2, -0.15) is 0 Å². The summed E-state index contributed by atoms with van der Waals surface area (Å²) in [6.45, 7) is 3.40. The lowest BCUT2D eigenvalue weighted by Gasteiger charge is -2.34. The molecule has 4 heterocycles. The number of anilines is 1. The van der Waals surface area contributed by atoms with Gasteiger partial charge in [0.05, 0.1) is 36.6 Å². The van der Waals surface area contributed by atoms with Crippen LogP contribution in [0.1, 0.15) is 16.1 Å². The van der Waals surface area contributed by atoms with Gasteiger partial charge in [-0.25, -0.2) is 0 Å². The molecule has 1 atom stereocenters. The van der Waals surface area contributed by atoms with Crippen molar-refractivity contribution in [3.05, 3.63) is 35.5 Å². The van der Waals surface area contributed by atoms with Gasteiger partial charge >= 0.3 is 5.97 Å². The second-order valence-corrected chi connectivity index (χ2v) is 8.29. The Labute approximate surface area is 183 Å². The highest BCUT2D eigenvalue weighted by atomic mass is 32.1. The number of esters is 1. The minimum Gasteiger partial charge on any atom is -0.469 e. The first kappa shape index (κ1) is 21.3. The van der Waals surface area contributed by atoms with Crippen LogP contribution in [0.3, 0.4) is 0 Å². The molecule has 2 aromatic heterocycles. The second-order valence-electron chi connectivity index (χ2n) is 7.26. The number of piperazine rings is 1. The van der Waals surface area contributed by atoms with Crippen LogP contribution in [0, 0.1) is 0 Å². The lowest BCUT2D eigenvalue weighted by Crippen LogP contribution is -2.57. The molecule has 31 heavy (non-hydrogen) atoms. The number of carbonyl (C=O) groups is 3. The van der Waals surface area contributed by atoms with Gasteiger partial charge in [0.25, 0.3) is 5.91 Å². The van der Waals surface area contributed by atoms with Gasteiger partial charge in [0.1, 0.15) is 6.04 Å². The molecule has 0 aromatic carbocycles. The Bertz CT molecular complexity index is 958. The average molecular weight is 445 g/mol. The zero-order chi connectivity index (χ0) is 21.8. The first-order chi connectivity index (χ1) is 15.1. The summed E-state index contributed by atoms with van der Waals surface area (Å²) in [6.07, 6.45) is 3.31. The number of hydrogen-bond donors (Lipinski definition) is 1. The molecule has 2 saturated heterocycles. The number of hydrogen-bond acceptors (Lipinski definition) is 8. The van der Waals surface area contributed by atoms with Crippen LogP contribution < -0.4 is 10.2 Å². The number of amides is 2. The van der Waals surface area contributed by atoms with E-state index in [4.69, 9.17) is 9.47 Å². The monoisotopic (exact) mass is 444 g/mol. The molecule has 0 aliphatic carbocycles. The molecule has 0 spiro atoms. The molecule has 2 amide bonds. The summed E-state index contributed by atoms with van der Waals surface area (Å²) in [6, 6.07) is 4.79. The van der Waals surface area contributed by atoms with Gasteiger partial charge in [-0.05, 0) is 12.1 Å². The van der Waals surface area contributed by atoms with E-state index in [1.807, 2.05) is 18.2 Å². The number of methoxy groups -OCH3 is 1. The molecule has 164 valence electrons. The van der Waals surface area contributed by atoms with Crippen molar-refractivity contribution >= 4 is 34.1 Å². The third kappa shape index (κ3) is 4.54. The number of morpholine rings is 1. The predicted molar refractivity (Wildman–Crippen MR) is 115 cm³/mol. The molecule has 4 rings (SSSR count). The van der Waals surface area contributed by atoms with Crippen LogP contribution in [0.2, 0.25) is 0 Å². The zero-order valence-corrected chi connectivity index (χ0v) is 18.0. The summed E-state index contributed by atoms with van der Waals surface area (Å²) < 4.78 is 10.2. The van der Waals surface area contributed by atoms with Crippen LogP contribution in [-0.2, 0) is 19.1 Å². The average Bonchev–Trinajstić information content (AvgIpc) is 3.26. The molecule has 0 saturated carbocycles. The number of nitrogens with one attached hydrogen (secondary N) is 1. The van der Waals surface area contributed by atoms with Crippen molar-refractivity contribution in [1.29, 1.82) is 0 Å². The van der Waals surface area contributed by atoms with Crippen LogP contribution in [0.4, 0.5) is 5.00 Å². The topological polar surface area (TPSA) is 101 Å². The SMILES string of the molecule is COC(=O)C[C@H]1C(=O)NCCN1C(=O)c1cc(-c2cccnc2)c(N2CCOCC2)s1. The van der Waals surface area contributed by atoms with Crippen LogP contribution in [-0.4, -0.2) is 80.2 Å². The number of aromatic nitrogens is 1. The molecular formula is C21H24N4O5S. The van der Waals surface area contributed by atoms with Crippen molar-refractivity contribution in [3.8, 4) is 11.1 Å². The van der Waals surface area contributed by atoms with E-state index in [2.05, 4.69) is 15.2 Å². The summed E-state index contributed by atoms with van der Waals surface area (Å²) in [7, 11) is 1.27. The summed E-state index contributed by atoms with van der Waals surface area (Å²) in [5, 5.41) is 3.70. The summed E-state index contributed by atoms with van der Waals surface area (Å²) in [4.78, 5) is 46.1.